The molecule has 0 heterocycles. The van der Waals surface area contributed by atoms with Crippen LogP contribution in [0, 0.1) is 0 Å². The molecule has 1 aromatic rings. The fraction of sp³-hybridized carbons (Fsp3) is 0. The summed E-state index contributed by atoms with van der Waals surface area (Å²) in [5.74, 6) is -2.06. The Bertz CT molecular complexity index is 386. The summed E-state index contributed by atoms with van der Waals surface area (Å²) >= 11 is 0. The highest BCUT2D eigenvalue weighted by atomic mass is 16.5. The van der Waals surface area contributed by atoms with Crippen LogP contribution in [0.15, 0.2) is 42.5 Å². The lowest BCUT2D eigenvalue weighted by molar-refractivity contribution is -0.131. The van der Waals surface area contributed by atoms with Crippen LogP contribution >= 0.6 is 0 Å². The summed E-state index contributed by atoms with van der Waals surface area (Å²) < 4.78 is 0. The first-order chi connectivity index (χ1) is 7.11. The van der Waals surface area contributed by atoms with Crippen molar-refractivity contribution in [1.82, 2.24) is 0 Å². The number of nitrogens with zero attached hydrogens (tertiary/aromatic N) is 1. The van der Waals surface area contributed by atoms with Gasteiger partial charge in [-0.25, -0.2) is 4.79 Å². The summed E-state index contributed by atoms with van der Waals surface area (Å²) in [5, 5.41) is 18.0. The van der Waals surface area contributed by atoms with Crippen molar-refractivity contribution in [3.8, 4) is 0 Å². The highest BCUT2D eigenvalue weighted by Crippen LogP contribution is 2.10. The molecular formula is C10H9NO4. The van der Waals surface area contributed by atoms with Crippen molar-refractivity contribution >= 4 is 17.6 Å². The van der Waals surface area contributed by atoms with Crippen LogP contribution in [0.1, 0.15) is 0 Å². The molecule has 1 amide bonds. The van der Waals surface area contributed by atoms with Crippen LogP contribution in [-0.2, 0) is 9.59 Å². The third-order valence-electron chi connectivity index (χ3n) is 1.58. The summed E-state index contributed by atoms with van der Waals surface area (Å²) in [6.07, 6.45) is 1.43. The van der Waals surface area contributed by atoms with Gasteiger partial charge in [-0.2, -0.15) is 5.06 Å². The predicted molar refractivity (Wildman–Crippen MR) is 52.5 cm³/mol. The van der Waals surface area contributed by atoms with Crippen molar-refractivity contribution in [3.05, 3.63) is 42.5 Å². The fourth-order valence-electron chi connectivity index (χ4n) is 0.910. The second-order valence-electron chi connectivity index (χ2n) is 2.66. The quantitative estimate of drug-likeness (QED) is 0.441. The monoisotopic (exact) mass is 207 g/mol. The summed E-state index contributed by atoms with van der Waals surface area (Å²) in [5.41, 5.74) is 0.275. The number of carboxylic acid groups (broad SMARTS) is 1. The zero-order chi connectivity index (χ0) is 11.3. The number of para-hydroxylation sites is 1. The normalized spacial score (nSPS) is 10.2. The minimum Gasteiger partial charge on any atom is -0.478 e. The standard InChI is InChI=1S/C10H9NO4/c12-9(6-7-10(13)14)11(15)8-4-2-1-3-5-8/h1-7,15H,(H,13,14). The molecule has 78 valence electrons. The predicted octanol–water partition coefficient (Wildman–Crippen LogP) is 1.05. The Morgan fingerprint density at radius 3 is 2.27 bits per heavy atom. The molecule has 5 nitrogen and oxygen atoms in total. The maximum absolute atomic E-state index is 11.2. The van der Waals surface area contributed by atoms with Gasteiger partial charge in [0.25, 0.3) is 5.91 Å². The number of hydroxylamine groups is 1. The molecule has 5 heteroatoms. The van der Waals surface area contributed by atoms with Crippen LogP contribution in [0.25, 0.3) is 0 Å². The summed E-state index contributed by atoms with van der Waals surface area (Å²) in [7, 11) is 0. The van der Waals surface area contributed by atoms with Crippen molar-refractivity contribution in [3.63, 3.8) is 0 Å². The van der Waals surface area contributed by atoms with E-state index in [4.69, 9.17) is 5.11 Å². The van der Waals surface area contributed by atoms with Crippen LogP contribution in [0.3, 0.4) is 0 Å². The van der Waals surface area contributed by atoms with E-state index in [-0.39, 0.29) is 5.69 Å². The first kappa shape index (κ1) is 10.9. The van der Waals surface area contributed by atoms with Crippen molar-refractivity contribution in [2.75, 3.05) is 5.06 Å². The number of carbonyl (C=O) groups is 2. The van der Waals surface area contributed by atoms with Gasteiger partial charge in [0.2, 0.25) is 0 Å². The zero-order valence-corrected chi connectivity index (χ0v) is 7.70. The Labute approximate surface area is 85.8 Å². The van der Waals surface area contributed by atoms with E-state index in [1.165, 1.54) is 12.1 Å². The molecule has 0 spiro atoms. The van der Waals surface area contributed by atoms with E-state index in [1.54, 1.807) is 18.2 Å². The molecule has 0 saturated heterocycles. The zero-order valence-electron chi connectivity index (χ0n) is 7.70. The van der Waals surface area contributed by atoms with Gasteiger partial charge in [-0.05, 0) is 12.1 Å². The summed E-state index contributed by atoms with van der Waals surface area (Å²) in [6, 6.07) is 8.06. The number of amides is 1. The fourth-order valence-corrected chi connectivity index (χ4v) is 0.910. The molecule has 0 aliphatic rings. The molecule has 0 aromatic heterocycles. The van der Waals surface area contributed by atoms with Gasteiger partial charge < -0.3 is 5.11 Å². The lowest BCUT2D eigenvalue weighted by Gasteiger charge is -2.11. The molecule has 0 aliphatic carbocycles. The number of hydrogen-bond acceptors (Lipinski definition) is 3. The van der Waals surface area contributed by atoms with Crippen molar-refractivity contribution in [2.45, 2.75) is 0 Å². The smallest absolute Gasteiger partial charge is 0.328 e. The minimum absolute atomic E-state index is 0.275. The Hall–Kier alpha value is -2.14. The van der Waals surface area contributed by atoms with Crippen molar-refractivity contribution in [2.24, 2.45) is 0 Å². The Kier molecular flexibility index (Phi) is 3.59. The molecule has 1 rings (SSSR count). The number of benzene rings is 1. The van der Waals surface area contributed by atoms with E-state index in [2.05, 4.69) is 0 Å². The number of aliphatic carboxylic acids is 1. The average Bonchev–Trinajstić information content (AvgIpc) is 2.26. The molecule has 0 unspecified atom stereocenters. The molecule has 0 bridgehead atoms. The molecule has 0 atom stereocenters. The average molecular weight is 207 g/mol. The van der Waals surface area contributed by atoms with Crippen LogP contribution in [-0.4, -0.2) is 22.2 Å². The topological polar surface area (TPSA) is 77.8 Å². The molecular weight excluding hydrogens is 198 g/mol. The molecule has 0 radical (unpaired) electrons. The SMILES string of the molecule is O=C(O)C=CC(=O)N(O)c1ccccc1. The number of carbonyl (C=O) groups excluding carboxylic acids is 1. The highest BCUT2D eigenvalue weighted by Gasteiger charge is 2.09. The first-order valence-electron chi connectivity index (χ1n) is 4.10. The Morgan fingerprint density at radius 1 is 1.13 bits per heavy atom. The molecule has 1 aromatic carbocycles. The van der Waals surface area contributed by atoms with E-state index in [0.29, 0.717) is 11.1 Å². The van der Waals surface area contributed by atoms with Crippen LogP contribution < -0.4 is 5.06 Å². The van der Waals surface area contributed by atoms with E-state index in [1.807, 2.05) is 0 Å². The summed E-state index contributed by atoms with van der Waals surface area (Å²) in [4.78, 5) is 21.3. The van der Waals surface area contributed by atoms with Crippen LogP contribution in [0.5, 0.6) is 0 Å². The number of anilines is 1. The molecule has 0 aliphatic heterocycles. The molecule has 15 heavy (non-hydrogen) atoms. The number of hydrogen-bond donors (Lipinski definition) is 2. The lowest BCUT2D eigenvalue weighted by Crippen LogP contribution is -2.24. The Morgan fingerprint density at radius 2 is 1.73 bits per heavy atom. The van der Waals surface area contributed by atoms with E-state index >= 15 is 0 Å². The number of rotatable bonds is 3. The molecule has 0 fully saturated rings. The van der Waals surface area contributed by atoms with Crippen molar-refractivity contribution in [1.29, 1.82) is 0 Å². The summed E-state index contributed by atoms with van der Waals surface area (Å²) in [6.45, 7) is 0. The second-order valence-corrected chi connectivity index (χ2v) is 2.66. The largest absolute Gasteiger partial charge is 0.478 e. The van der Waals surface area contributed by atoms with Gasteiger partial charge in [0, 0.05) is 12.2 Å². The minimum atomic E-state index is -1.25. The van der Waals surface area contributed by atoms with E-state index < -0.39 is 11.9 Å². The van der Waals surface area contributed by atoms with Gasteiger partial charge in [-0.15, -0.1) is 0 Å². The third-order valence-corrected chi connectivity index (χ3v) is 1.58. The second kappa shape index (κ2) is 4.92. The molecule has 2 N–H and O–H groups in total. The van der Waals surface area contributed by atoms with Gasteiger partial charge in [-0.3, -0.25) is 10.0 Å². The first-order valence-corrected chi connectivity index (χ1v) is 4.10. The van der Waals surface area contributed by atoms with Gasteiger partial charge in [0.15, 0.2) is 0 Å². The number of carboxylic acids is 1. The van der Waals surface area contributed by atoms with Crippen molar-refractivity contribution < 1.29 is 19.9 Å². The maximum atomic E-state index is 11.2. The third kappa shape index (κ3) is 3.24. The van der Waals surface area contributed by atoms with Crippen LogP contribution in [0.2, 0.25) is 0 Å². The van der Waals surface area contributed by atoms with Gasteiger partial charge >= 0.3 is 5.97 Å². The van der Waals surface area contributed by atoms with Gasteiger partial charge in [0.05, 0.1) is 5.69 Å². The van der Waals surface area contributed by atoms with Gasteiger partial charge in [0.1, 0.15) is 0 Å². The maximum Gasteiger partial charge on any atom is 0.328 e. The Balaban J connectivity index is 2.74. The molecule has 0 saturated carbocycles. The highest BCUT2D eigenvalue weighted by molar-refractivity contribution is 6.02. The lowest BCUT2D eigenvalue weighted by atomic mass is 10.3. The van der Waals surface area contributed by atoms with E-state index in [9.17, 15) is 14.8 Å². The van der Waals surface area contributed by atoms with Gasteiger partial charge in [-0.1, -0.05) is 18.2 Å². The van der Waals surface area contributed by atoms with E-state index in [0.717, 1.165) is 6.08 Å². The van der Waals surface area contributed by atoms with Crippen LogP contribution in [0.4, 0.5) is 5.69 Å².